The zero-order valence-corrected chi connectivity index (χ0v) is 19.1. The van der Waals surface area contributed by atoms with Crippen LogP contribution in [0.1, 0.15) is 64.3 Å². The van der Waals surface area contributed by atoms with E-state index in [2.05, 4.69) is 10.6 Å². The van der Waals surface area contributed by atoms with Crippen molar-refractivity contribution in [2.45, 2.75) is 53.1 Å². The number of amides is 2. The lowest BCUT2D eigenvalue weighted by molar-refractivity contribution is -0.130. The summed E-state index contributed by atoms with van der Waals surface area (Å²) in [5.74, 6) is 1.12. The summed E-state index contributed by atoms with van der Waals surface area (Å²) in [5.41, 5.74) is 1.63. The third kappa shape index (κ3) is 7.31. The van der Waals surface area contributed by atoms with Crippen LogP contribution in [0.15, 0.2) is 48.5 Å². The first kappa shape index (κ1) is 24.3. The van der Waals surface area contributed by atoms with E-state index in [9.17, 15) is 9.59 Å². The van der Waals surface area contributed by atoms with E-state index in [-0.39, 0.29) is 23.8 Å². The van der Waals surface area contributed by atoms with Crippen molar-refractivity contribution in [3.63, 3.8) is 0 Å². The summed E-state index contributed by atoms with van der Waals surface area (Å²) >= 11 is 0. The van der Waals surface area contributed by atoms with Crippen molar-refractivity contribution in [2.24, 2.45) is 5.92 Å². The molecule has 0 fully saturated rings. The average molecular weight is 427 g/mol. The number of carbonyl (C=O) groups is 2. The highest BCUT2D eigenvalue weighted by atomic mass is 16.5. The molecule has 0 aromatic heterocycles. The molecule has 0 aliphatic rings. The van der Waals surface area contributed by atoms with Crippen molar-refractivity contribution in [3.05, 3.63) is 59.7 Å². The summed E-state index contributed by atoms with van der Waals surface area (Å²) in [7, 11) is 0. The van der Waals surface area contributed by atoms with Gasteiger partial charge in [-0.25, -0.2) is 0 Å². The zero-order valence-electron chi connectivity index (χ0n) is 19.1. The summed E-state index contributed by atoms with van der Waals surface area (Å²) in [6.07, 6.45) is 0.364. The predicted octanol–water partition coefficient (Wildman–Crippen LogP) is 4.56. The molecule has 0 aliphatic carbocycles. The van der Waals surface area contributed by atoms with E-state index in [0.29, 0.717) is 31.1 Å². The van der Waals surface area contributed by atoms with Crippen LogP contribution in [-0.2, 0) is 9.59 Å². The standard InChI is InChI=1S/C25H34N2O4/c1-6-30-21-14-13-20(16-22(21)31-7-2)18(5)26-25(29)24(19-11-9-8-10-12-19)27-23(28)15-17(3)4/h8-14,16-18,24H,6-7,15H2,1-5H3,(H,26,29)(H,27,28). The number of rotatable bonds is 11. The SMILES string of the molecule is CCOc1ccc(C(C)NC(=O)C(NC(=O)CC(C)C)c2ccccc2)cc1OCC. The van der Waals surface area contributed by atoms with Crippen molar-refractivity contribution in [2.75, 3.05) is 13.2 Å². The van der Waals surface area contributed by atoms with E-state index in [1.807, 2.05) is 83.1 Å². The highest BCUT2D eigenvalue weighted by Gasteiger charge is 2.25. The normalized spacial score (nSPS) is 12.7. The second kappa shape index (κ2) is 12.0. The van der Waals surface area contributed by atoms with E-state index in [1.165, 1.54) is 0 Å². The van der Waals surface area contributed by atoms with Gasteiger partial charge in [0.05, 0.1) is 19.3 Å². The topological polar surface area (TPSA) is 76.7 Å². The first-order valence-electron chi connectivity index (χ1n) is 10.9. The van der Waals surface area contributed by atoms with E-state index in [1.54, 1.807) is 0 Å². The molecule has 6 nitrogen and oxygen atoms in total. The molecule has 2 atom stereocenters. The minimum atomic E-state index is -0.760. The van der Waals surface area contributed by atoms with Crippen molar-refractivity contribution in [3.8, 4) is 11.5 Å². The van der Waals surface area contributed by atoms with Gasteiger partial charge in [0.15, 0.2) is 11.5 Å². The fourth-order valence-corrected chi connectivity index (χ4v) is 3.25. The van der Waals surface area contributed by atoms with Crippen LogP contribution in [0.4, 0.5) is 0 Å². The molecule has 168 valence electrons. The monoisotopic (exact) mass is 426 g/mol. The molecule has 31 heavy (non-hydrogen) atoms. The van der Waals surface area contributed by atoms with Gasteiger partial charge < -0.3 is 20.1 Å². The van der Waals surface area contributed by atoms with Crippen molar-refractivity contribution >= 4 is 11.8 Å². The Bertz CT molecular complexity index is 852. The van der Waals surface area contributed by atoms with Gasteiger partial charge in [0.1, 0.15) is 6.04 Å². The molecule has 0 saturated carbocycles. The Kier molecular flexibility index (Phi) is 9.38. The molecule has 0 saturated heterocycles. The molecule has 2 amide bonds. The lowest BCUT2D eigenvalue weighted by atomic mass is 10.0. The molecule has 2 rings (SSSR count). The minimum Gasteiger partial charge on any atom is -0.490 e. The molecule has 2 N–H and O–H groups in total. The van der Waals surface area contributed by atoms with Crippen LogP contribution in [0, 0.1) is 5.92 Å². The lowest BCUT2D eigenvalue weighted by Gasteiger charge is -2.23. The Morgan fingerprint density at radius 1 is 0.839 bits per heavy atom. The Morgan fingerprint density at radius 3 is 2.10 bits per heavy atom. The number of nitrogens with one attached hydrogen (secondary N) is 2. The molecule has 0 radical (unpaired) electrons. The predicted molar refractivity (Wildman–Crippen MR) is 122 cm³/mol. The smallest absolute Gasteiger partial charge is 0.247 e. The van der Waals surface area contributed by atoms with E-state index >= 15 is 0 Å². The minimum absolute atomic E-state index is 0.147. The van der Waals surface area contributed by atoms with Gasteiger partial charge in [0.25, 0.3) is 0 Å². The Morgan fingerprint density at radius 2 is 1.48 bits per heavy atom. The summed E-state index contributed by atoms with van der Waals surface area (Å²) in [6, 6.07) is 13.9. The number of hydrogen-bond donors (Lipinski definition) is 2. The van der Waals surface area contributed by atoms with Gasteiger partial charge in [-0.1, -0.05) is 50.2 Å². The maximum Gasteiger partial charge on any atom is 0.247 e. The van der Waals surface area contributed by atoms with Crippen LogP contribution in [0.25, 0.3) is 0 Å². The molecule has 0 aliphatic heterocycles. The maximum absolute atomic E-state index is 13.1. The Hall–Kier alpha value is -3.02. The second-order valence-corrected chi connectivity index (χ2v) is 7.81. The van der Waals surface area contributed by atoms with Crippen LogP contribution in [0.3, 0.4) is 0 Å². The van der Waals surface area contributed by atoms with E-state index < -0.39 is 6.04 Å². The van der Waals surface area contributed by atoms with Gasteiger partial charge in [-0.15, -0.1) is 0 Å². The van der Waals surface area contributed by atoms with E-state index in [4.69, 9.17) is 9.47 Å². The highest BCUT2D eigenvalue weighted by Crippen LogP contribution is 2.31. The van der Waals surface area contributed by atoms with Crippen LogP contribution in [0.2, 0.25) is 0 Å². The molecular weight excluding hydrogens is 392 g/mol. The first-order chi connectivity index (χ1) is 14.8. The van der Waals surface area contributed by atoms with Crippen LogP contribution >= 0.6 is 0 Å². The van der Waals surface area contributed by atoms with Crippen LogP contribution < -0.4 is 20.1 Å². The van der Waals surface area contributed by atoms with Crippen molar-refractivity contribution in [1.29, 1.82) is 0 Å². The van der Waals surface area contributed by atoms with Crippen LogP contribution in [0.5, 0.6) is 11.5 Å². The summed E-state index contributed by atoms with van der Waals surface area (Å²) in [4.78, 5) is 25.5. The fraction of sp³-hybridized carbons (Fsp3) is 0.440. The van der Waals surface area contributed by atoms with Crippen molar-refractivity contribution < 1.29 is 19.1 Å². The number of carbonyl (C=O) groups excluding carboxylic acids is 2. The first-order valence-corrected chi connectivity index (χ1v) is 10.9. The van der Waals surface area contributed by atoms with Crippen molar-refractivity contribution in [1.82, 2.24) is 10.6 Å². The summed E-state index contributed by atoms with van der Waals surface area (Å²) in [6.45, 7) is 10.7. The quantitative estimate of drug-likeness (QED) is 0.552. The third-order valence-corrected chi connectivity index (χ3v) is 4.72. The molecule has 0 bridgehead atoms. The molecule has 2 aromatic carbocycles. The maximum atomic E-state index is 13.1. The molecular formula is C25H34N2O4. The fourth-order valence-electron chi connectivity index (χ4n) is 3.25. The Labute approximate surface area is 185 Å². The van der Waals surface area contributed by atoms with Gasteiger partial charge in [0.2, 0.25) is 11.8 Å². The van der Waals surface area contributed by atoms with Gasteiger partial charge in [-0.2, -0.15) is 0 Å². The van der Waals surface area contributed by atoms with Gasteiger partial charge in [0, 0.05) is 6.42 Å². The van der Waals surface area contributed by atoms with E-state index in [0.717, 1.165) is 11.1 Å². The highest BCUT2D eigenvalue weighted by molar-refractivity contribution is 5.89. The third-order valence-electron chi connectivity index (χ3n) is 4.72. The van der Waals surface area contributed by atoms with Crippen LogP contribution in [-0.4, -0.2) is 25.0 Å². The Balaban J connectivity index is 2.20. The number of ether oxygens (including phenoxy) is 2. The molecule has 6 heteroatoms. The molecule has 2 unspecified atom stereocenters. The summed E-state index contributed by atoms with van der Waals surface area (Å²) < 4.78 is 11.3. The molecule has 0 spiro atoms. The molecule has 2 aromatic rings. The average Bonchev–Trinajstić information content (AvgIpc) is 2.73. The number of hydrogen-bond acceptors (Lipinski definition) is 4. The summed E-state index contributed by atoms with van der Waals surface area (Å²) in [5, 5.41) is 5.91. The zero-order chi connectivity index (χ0) is 22.8. The molecule has 0 heterocycles. The largest absolute Gasteiger partial charge is 0.490 e. The lowest BCUT2D eigenvalue weighted by Crippen LogP contribution is -2.41. The van der Waals surface area contributed by atoms with Gasteiger partial charge in [-0.3, -0.25) is 9.59 Å². The second-order valence-electron chi connectivity index (χ2n) is 7.81. The van der Waals surface area contributed by atoms with Gasteiger partial charge >= 0.3 is 0 Å². The van der Waals surface area contributed by atoms with Gasteiger partial charge in [-0.05, 0) is 49.9 Å². The number of benzene rings is 2.